The van der Waals surface area contributed by atoms with Crippen LogP contribution in [0.3, 0.4) is 0 Å². The van der Waals surface area contributed by atoms with Crippen molar-refractivity contribution < 1.29 is 35.9 Å². The first-order valence-corrected chi connectivity index (χ1v) is 10.4. The van der Waals surface area contributed by atoms with E-state index in [1.165, 1.54) is 4.90 Å². The summed E-state index contributed by atoms with van der Waals surface area (Å²) in [4.78, 5) is 27.7. The van der Waals surface area contributed by atoms with Gasteiger partial charge in [0.1, 0.15) is 6.67 Å². The van der Waals surface area contributed by atoms with E-state index in [2.05, 4.69) is 5.32 Å². The zero-order valence-corrected chi connectivity index (χ0v) is 17.4. The summed E-state index contributed by atoms with van der Waals surface area (Å²) in [6, 6.07) is 2.46. The van der Waals surface area contributed by atoms with E-state index in [9.17, 15) is 35.9 Å². The summed E-state index contributed by atoms with van der Waals surface area (Å²) < 4.78 is 78.3. The van der Waals surface area contributed by atoms with Crippen molar-refractivity contribution in [2.24, 2.45) is 5.92 Å². The van der Waals surface area contributed by atoms with Crippen molar-refractivity contribution in [1.29, 1.82) is 0 Å². The minimum Gasteiger partial charge on any atom is -0.352 e. The molecule has 0 saturated carbocycles. The summed E-state index contributed by atoms with van der Waals surface area (Å²) in [5.74, 6) is -3.67. The Labute approximate surface area is 181 Å². The van der Waals surface area contributed by atoms with Crippen molar-refractivity contribution in [2.45, 2.75) is 38.0 Å². The second-order valence-corrected chi connectivity index (χ2v) is 8.40. The Hall–Kier alpha value is -2.30. The van der Waals surface area contributed by atoms with Gasteiger partial charge in [0.05, 0.1) is 18.7 Å². The molecule has 2 heterocycles. The van der Waals surface area contributed by atoms with E-state index in [0.29, 0.717) is 38.1 Å². The maximum absolute atomic E-state index is 13.3. The van der Waals surface area contributed by atoms with Gasteiger partial charge in [0.15, 0.2) is 0 Å². The Kier molecular flexibility index (Phi) is 7.36. The topological polar surface area (TPSA) is 52.7 Å². The third-order valence-electron chi connectivity index (χ3n) is 5.86. The number of carbonyl (C=O) groups excluding carboxylic acids is 2. The highest BCUT2D eigenvalue weighted by molar-refractivity contribution is 5.94. The maximum atomic E-state index is 13.3. The van der Waals surface area contributed by atoms with Gasteiger partial charge in [-0.3, -0.25) is 14.5 Å². The number of carbonyl (C=O) groups is 2. The van der Waals surface area contributed by atoms with Gasteiger partial charge in [0.2, 0.25) is 5.91 Å². The molecule has 2 aliphatic rings. The predicted octanol–water partition coefficient (Wildman–Crippen LogP) is 3.48. The molecule has 2 saturated heterocycles. The molecule has 0 aliphatic carbocycles. The van der Waals surface area contributed by atoms with E-state index < -0.39 is 36.8 Å². The zero-order valence-electron chi connectivity index (χ0n) is 17.4. The third kappa shape index (κ3) is 6.36. The molecule has 2 amide bonds. The highest BCUT2D eigenvalue weighted by Gasteiger charge is 2.39. The number of hydrogen-bond acceptors (Lipinski definition) is 3. The molecule has 0 radical (unpaired) electrons. The van der Waals surface area contributed by atoms with Gasteiger partial charge in [-0.2, -0.15) is 13.2 Å². The van der Waals surface area contributed by atoms with Crippen LogP contribution in [0.15, 0.2) is 18.2 Å². The summed E-state index contributed by atoms with van der Waals surface area (Å²) in [5, 5.41) is 2.59. The van der Waals surface area contributed by atoms with Crippen LogP contribution in [0.1, 0.15) is 40.7 Å². The summed E-state index contributed by atoms with van der Waals surface area (Å²) in [6.45, 7) is -0.365. The monoisotopic (exact) mass is 465 g/mol. The zero-order chi connectivity index (χ0) is 23.5. The van der Waals surface area contributed by atoms with Gasteiger partial charge in [0.25, 0.3) is 11.8 Å². The van der Waals surface area contributed by atoms with Crippen LogP contribution in [-0.4, -0.2) is 66.8 Å². The lowest BCUT2D eigenvalue weighted by Crippen LogP contribution is -2.45. The molecular weight excluding hydrogens is 440 g/mol. The van der Waals surface area contributed by atoms with E-state index in [1.54, 1.807) is 4.90 Å². The summed E-state index contributed by atoms with van der Waals surface area (Å²) in [6.07, 6.45) is -3.80. The van der Waals surface area contributed by atoms with Crippen LogP contribution >= 0.6 is 0 Å². The smallest absolute Gasteiger partial charge is 0.352 e. The molecule has 32 heavy (non-hydrogen) atoms. The van der Waals surface area contributed by atoms with Gasteiger partial charge in [-0.05, 0) is 42.5 Å². The van der Waals surface area contributed by atoms with Crippen molar-refractivity contribution in [3.63, 3.8) is 0 Å². The minimum absolute atomic E-state index is 0.0190. The molecule has 0 bridgehead atoms. The average Bonchev–Trinajstić information content (AvgIpc) is 3.09. The molecule has 2 fully saturated rings. The lowest BCUT2D eigenvalue weighted by Gasteiger charge is -2.33. The molecule has 2 aliphatic heterocycles. The normalized spacial score (nSPS) is 19.9. The molecule has 0 atom stereocenters. The number of likely N-dealkylation sites (tertiary alicyclic amines) is 2. The Balaban J connectivity index is 1.47. The Morgan fingerprint density at radius 2 is 1.78 bits per heavy atom. The first-order chi connectivity index (χ1) is 15.0. The lowest BCUT2D eigenvalue weighted by molar-refractivity contribution is -0.137. The molecule has 11 heteroatoms. The van der Waals surface area contributed by atoms with Crippen molar-refractivity contribution >= 4 is 11.8 Å². The molecule has 3 rings (SSSR count). The number of halogens is 6. The van der Waals surface area contributed by atoms with E-state index in [-0.39, 0.29) is 49.0 Å². The SMILES string of the molecule is O=C(NCC1CCN(C(=O)CN2CCC(F)(F)C2)CC1)c1cc(CF)cc(C(F)(F)F)c1. The maximum Gasteiger partial charge on any atom is 0.416 e. The van der Waals surface area contributed by atoms with Crippen LogP contribution in [0.5, 0.6) is 0 Å². The van der Waals surface area contributed by atoms with Crippen molar-refractivity contribution in [1.82, 2.24) is 15.1 Å². The molecule has 0 spiro atoms. The third-order valence-corrected chi connectivity index (χ3v) is 5.86. The van der Waals surface area contributed by atoms with Crippen LogP contribution in [0.4, 0.5) is 26.3 Å². The fraction of sp³-hybridized carbons (Fsp3) is 0.619. The first-order valence-electron chi connectivity index (χ1n) is 10.4. The molecular formula is C21H25F6N3O2. The molecule has 5 nitrogen and oxygen atoms in total. The van der Waals surface area contributed by atoms with Gasteiger partial charge in [-0.15, -0.1) is 0 Å². The van der Waals surface area contributed by atoms with Crippen LogP contribution in [0.25, 0.3) is 0 Å². The van der Waals surface area contributed by atoms with Crippen molar-refractivity contribution in [3.05, 3.63) is 34.9 Å². The summed E-state index contributed by atoms with van der Waals surface area (Å²) >= 11 is 0. The predicted molar refractivity (Wildman–Crippen MR) is 104 cm³/mol. The molecule has 1 N–H and O–H groups in total. The number of amides is 2. The Morgan fingerprint density at radius 3 is 2.34 bits per heavy atom. The average molecular weight is 465 g/mol. The number of nitrogens with zero attached hydrogens (tertiary/aromatic N) is 2. The molecule has 1 aromatic carbocycles. The van der Waals surface area contributed by atoms with Crippen LogP contribution < -0.4 is 5.32 Å². The second-order valence-electron chi connectivity index (χ2n) is 8.40. The quantitative estimate of drug-likeness (QED) is 0.655. The van der Waals surface area contributed by atoms with Gasteiger partial charge in [-0.1, -0.05) is 0 Å². The van der Waals surface area contributed by atoms with E-state index in [1.807, 2.05) is 0 Å². The van der Waals surface area contributed by atoms with Crippen molar-refractivity contribution in [3.8, 4) is 0 Å². The minimum atomic E-state index is -4.69. The summed E-state index contributed by atoms with van der Waals surface area (Å²) in [5.41, 5.74) is -1.57. The number of alkyl halides is 6. The number of benzene rings is 1. The second kappa shape index (κ2) is 9.68. The molecule has 178 valence electrons. The highest BCUT2D eigenvalue weighted by Crippen LogP contribution is 2.31. The Bertz CT molecular complexity index is 837. The largest absolute Gasteiger partial charge is 0.416 e. The van der Waals surface area contributed by atoms with Gasteiger partial charge in [-0.25, -0.2) is 13.2 Å². The van der Waals surface area contributed by atoms with E-state index in [0.717, 1.165) is 6.07 Å². The van der Waals surface area contributed by atoms with E-state index in [4.69, 9.17) is 0 Å². The lowest BCUT2D eigenvalue weighted by atomic mass is 9.96. The van der Waals surface area contributed by atoms with Crippen molar-refractivity contribution in [2.75, 3.05) is 39.3 Å². The van der Waals surface area contributed by atoms with E-state index >= 15 is 0 Å². The number of piperidine rings is 1. The first kappa shape index (κ1) is 24.3. The van der Waals surface area contributed by atoms with Crippen LogP contribution in [0, 0.1) is 5.92 Å². The highest BCUT2D eigenvalue weighted by atomic mass is 19.4. The van der Waals surface area contributed by atoms with Gasteiger partial charge < -0.3 is 10.2 Å². The molecule has 1 aromatic rings. The molecule has 0 aromatic heterocycles. The molecule has 0 unspecified atom stereocenters. The number of rotatable bonds is 6. The van der Waals surface area contributed by atoms with Gasteiger partial charge >= 0.3 is 6.18 Å². The standard InChI is InChI=1S/C21H25F6N3O2/c22-10-15-7-16(9-17(8-15)21(25,26)27)19(32)28-11-14-1-4-30(5-2-14)18(31)12-29-6-3-20(23,24)13-29/h7-9,14H,1-6,10-13H2,(H,28,32). The van der Waals surface area contributed by atoms with Crippen LogP contribution in [-0.2, 0) is 17.6 Å². The fourth-order valence-electron chi connectivity index (χ4n) is 4.02. The Morgan fingerprint density at radius 1 is 1.09 bits per heavy atom. The van der Waals surface area contributed by atoms with Gasteiger partial charge in [0, 0.05) is 38.2 Å². The number of hydrogen-bond donors (Lipinski definition) is 1. The number of nitrogens with one attached hydrogen (secondary N) is 1. The van der Waals surface area contributed by atoms with Crippen LogP contribution in [0.2, 0.25) is 0 Å². The fourth-order valence-corrected chi connectivity index (χ4v) is 4.02. The summed E-state index contributed by atoms with van der Waals surface area (Å²) in [7, 11) is 0.